The molecule has 1 aliphatic rings. The predicted octanol–water partition coefficient (Wildman–Crippen LogP) is 6.72. The Kier molecular flexibility index (Phi) is 7.49. The Morgan fingerprint density at radius 1 is 0.941 bits per heavy atom. The standard InChI is InChI=1S/C30H32O4/c1-4-20(3)22-12-15-26-24-8-6-7-9-25(24)27(28(26)19-22)16-17-34-23-13-10-21(11-14-23)18-29(30(31)32)33-5-2/h6-16,19-20,29H,4-5,17-18H2,1-3H3,(H,31,32). The van der Waals surface area contributed by atoms with Gasteiger partial charge in [-0.1, -0.05) is 68.4 Å². The molecule has 0 amide bonds. The van der Waals surface area contributed by atoms with E-state index in [0.29, 0.717) is 25.6 Å². The second-order valence-electron chi connectivity index (χ2n) is 8.72. The maximum atomic E-state index is 11.3. The number of carboxylic acids is 1. The van der Waals surface area contributed by atoms with E-state index in [4.69, 9.17) is 9.47 Å². The van der Waals surface area contributed by atoms with Crippen LogP contribution < -0.4 is 4.74 Å². The maximum Gasteiger partial charge on any atom is 0.333 e. The molecular weight excluding hydrogens is 424 g/mol. The van der Waals surface area contributed by atoms with E-state index in [1.54, 1.807) is 6.92 Å². The second kappa shape index (κ2) is 10.7. The summed E-state index contributed by atoms with van der Waals surface area (Å²) in [5.74, 6) is 0.333. The van der Waals surface area contributed by atoms with E-state index in [2.05, 4.69) is 62.4 Å². The van der Waals surface area contributed by atoms with Crippen molar-refractivity contribution in [1.82, 2.24) is 0 Å². The Morgan fingerprint density at radius 2 is 1.65 bits per heavy atom. The van der Waals surface area contributed by atoms with Crippen molar-refractivity contribution in [3.63, 3.8) is 0 Å². The van der Waals surface area contributed by atoms with Gasteiger partial charge in [-0.2, -0.15) is 0 Å². The van der Waals surface area contributed by atoms with Gasteiger partial charge in [-0.15, -0.1) is 0 Å². The Hall–Kier alpha value is -3.37. The monoisotopic (exact) mass is 456 g/mol. The van der Waals surface area contributed by atoms with Crippen molar-refractivity contribution in [2.24, 2.45) is 0 Å². The first kappa shape index (κ1) is 23.8. The van der Waals surface area contributed by atoms with Crippen molar-refractivity contribution in [3.8, 4) is 16.9 Å². The van der Waals surface area contributed by atoms with Gasteiger partial charge in [0.15, 0.2) is 6.10 Å². The highest BCUT2D eigenvalue weighted by Gasteiger charge is 2.23. The number of rotatable bonds is 10. The highest BCUT2D eigenvalue weighted by Crippen LogP contribution is 2.45. The lowest BCUT2D eigenvalue weighted by Gasteiger charge is -2.13. The Balaban J connectivity index is 1.50. The lowest BCUT2D eigenvalue weighted by molar-refractivity contribution is -0.149. The van der Waals surface area contributed by atoms with Crippen LogP contribution in [0, 0.1) is 0 Å². The SMILES string of the molecule is CCOC(Cc1ccc(OCC=C2c3ccccc3-c3ccc(C(C)CC)cc32)cc1)C(=O)O. The summed E-state index contributed by atoms with van der Waals surface area (Å²) in [5.41, 5.74) is 8.55. The van der Waals surface area contributed by atoms with Crippen molar-refractivity contribution in [2.45, 2.75) is 45.6 Å². The molecule has 4 nitrogen and oxygen atoms in total. The van der Waals surface area contributed by atoms with Gasteiger partial charge in [0.05, 0.1) is 0 Å². The first-order chi connectivity index (χ1) is 16.5. The summed E-state index contributed by atoms with van der Waals surface area (Å²) in [5, 5.41) is 9.29. The van der Waals surface area contributed by atoms with Crippen molar-refractivity contribution in [2.75, 3.05) is 13.2 Å². The van der Waals surface area contributed by atoms with Crippen LogP contribution in [-0.4, -0.2) is 30.4 Å². The lowest BCUT2D eigenvalue weighted by Crippen LogP contribution is -2.26. The van der Waals surface area contributed by atoms with Gasteiger partial charge in [0.1, 0.15) is 12.4 Å². The molecule has 0 aliphatic heterocycles. The second-order valence-corrected chi connectivity index (χ2v) is 8.72. The summed E-state index contributed by atoms with van der Waals surface area (Å²) >= 11 is 0. The fraction of sp³-hybridized carbons (Fsp3) is 0.300. The minimum Gasteiger partial charge on any atom is -0.490 e. The molecule has 3 aromatic carbocycles. The van der Waals surface area contributed by atoms with Crippen LogP contribution in [0.5, 0.6) is 5.75 Å². The average Bonchev–Trinajstić information content (AvgIpc) is 3.17. The summed E-state index contributed by atoms with van der Waals surface area (Å²) in [6.45, 7) is 7.12. The molecule has 0 spiro atoms. The number of aliphatic carboxylic acids is 1. The molecule has 2 atom stereocenters. The maximum absolute atomic E-state index is 11.3. The Bertz CT molecular complexity index is 1180. The normalized spacial score (nSPS) is 15.0. The van der Waals surface area contributed by atoms with E-state index in [1.165, 1.54) is 33.4 Å². The molecule has 0 aromatic heterocycles. The van der Waals surface area contributed by atoms with Gasteiger partial charge in [-0.05, 0) is 76.4 Å². The van der Waals surface area contributed by atoms with Gasteiger partial charge in [0, 0.05) is 13.0 Å². The number of carboxylic acid groups (broad SMARTS) is 1. The van der Waals surface area contributed by atoms with E-state index in [0.717, 1.165) is 17.7 Å². The van der Waals surface area contributed by atoms with Crippen molar-refractivity contribution >= 4 is 11.5 Å². The van der Waals surface area contributed by atoms with E-state index >= 15 is 0 Å². The first-order valence-electron chi connectivity index (χ1n) is 12.0. The zero-order valence-electron chi connectivity index (χ0n) is 20.1. The molecule has 176 valence electrons. The minimum atomic E-state index is -0.942. The average molecular weight is 457 g/mol. The first-order valence-corrected chi connectivity index (χ1v) is 12.0. The molecule has 0 bridgehead atoms. The lowest BCUT2D eigenvalue weighted by atomic mass is 9.93. The molecule has 4 heteroatoms. The van der Waals surface area contributed by atoms with Crippen LogP contribution in [0.3, 0.4) is 0 Å². The minimum absolute atomic E-state index is 0.333. The summed E-state index contributed by atoms with van der Waals surface area (Å²) in [6, 6.07) is 22.9. The topological polar surface area (TPSA) is 55.8 Å². The van der Waals surface area contributed by atoms with Crippen molar-refractivity contribution in [3.05, 3.63) is 95.1 Å². The molecular formula is C30H32O4. The Morgan fingerprint density at radius 3 is 2.32 bits per heavy atom. The third-order valence-corrected chi connectivity index (χ3v) is 6.55. The predicted molar refractivity (Wildman–Crippen MR) is 136 cm³/mol. The molecule has 1 N–H and O–H groups in total. The molecule has 2 unspecified atom stereocenters. The van der Waals surface area contributed by atoms with E-state index in [-0.39, 0.29) is 0 Å². The van der Waals surface area contributed by atoms with Crippen LogP contribution in [0.1, 0.15) is 55.4 Å². The third-order valence-electron chi connectivity index (χ3n) is 6.55. The van der Waals surface area contributed by atoms with Gasteiger partial charge in [-0.25, -0.2) is 4.79 Å². The largest absolute Gasteiger partial charge is 0.490 e. The zero-order valence-corrected chi connectivity index (χ0v) is 20.1. The van der Waals surface area contributed by atoms with E-state index in [9.17, 15) is 9.90 Å². The highest BCUT2D eigenvalue weighted by atomic mass is 16.5. The molecule has 0 fully saturated rings. The van der Waals surface area contributed by atoms with Gasteiger partial charge < -0.3 is 14.6 Å². The molecule has 0 saturated carbocycles. The number of hydrogen-bond donors (Lipinski definition) is 1. The quantitative estimate of drug-likeness (QED) is 0.288. The summed E-state index contributed by atoms with van der Waals surface area (Å²) in [4.78, 5) is 11.3. The molecule has 1 aliphatic carbocycles. The number of hydrogen-bond acceptors (Lipinski definition) is 3. The van der Waals surface area contributed by atoms with Crippen LogP contribution >= 0.6 is 0 Å². The number of ether oxygens (including phenoxy) is 2. The van der Waals surface area contributed by atoms with E-state index < -0.39 is 12.1 Å². The molecule has 0 saturated heterocycles. The summed E-state index contributed by atoms with van der Waals surface area (Å²) in [6.07, 6.45) is 2.78. The fourth-order valence-corrected chi connectivity index (χ4v) is 4.46. The van der Waals surface area contributed by atoms with Gasteiger partial charge in [0.2, 0.25) is 0 Å². The van der Waals surface area contributed by atoms with E-state index in [1.807, 2.05) is 24.3 Å². The highest BCUT2D eigenvalue weighted by molar-refractivity contribution is 6.01. The van der Waals surface area contributed by atoms with Crippen LogP contribution in [-0.2, 0) is 16.0 Å². The molecule has 34 heavy (non-hydrogen) atoms. The van der Waals surface area contributed by atoms with Gasteiger partial charge in [-0.3, -0.25) is 0 Å². The van der Waals surface area contributed by atoms with Crippen molar-refractivity contribution in [1.29, 1.82) is 0 Å². The zero-order chi connectivity index (χ0) is 24.1. The van der Waals surface area contributed by atoms with Crippen LogP contribution in [0.15, 0.2) is 72.8 Å². The van der Waals surface area contributed by atoms with Crippen LogP contribution in [0.2, 0.25) is 0 Å². The molecule has 3 aromatic rings. The molecule has 0 radical (unpaired) electrons. The van der Waals surface area contributed by atoms with Gasteiger partial charge >= 0.3 is 5.97 Å². The van der Waals surface area contributed by atoms with Crippen molar-refractivity contribution < 1.29 is 19.4 Å². The molecule has 0 heterocycles. The van der Waals surface area contributed by atoms with Crippen LogP contribution in [0.25, 0.3) is 16.7 Å². The van der Waals surface area contributed by atoms with Gasteiger partial charge in [0.25, 0.3) is 0 Å². The fourth-order valence-electron chi connectivity index (χ4n) is 4.46. The number of benzene rings is 3. The Labute approximate surface area is 201 Å². The molecule has 4 rings (SSSR count). The smallest absolute Gasteiger partial charge is 0.333 e. The summed E-state index contributed by atoms with van der Waals surface area (Å²) < 4.78 is 11.3. The third kappa shape index (κ3) is 5.07. The van der Waals surface area contributed by atoms with Crippen LogP contribution in [0.4, 0.5) is 0 Å². The summed E-state index contributed by atoms with van der Waals surface area (Å²) in [7, 11) is 0. The number of carbonyl (C=O) groups is 1. The number of fused-ring (bicyclic) bond motifs is 3.